The van der Waals surface area contributed by atoms with Crippen molar-refractivity contribution in [3.05, 3.63) is 146 Å². The molecule has 6 aromatic carbocycles. The Kier molecular flexibility index (Phi) is 15.4. The van der Waals surface area contributed by atoms with Crippen molar-refractivity contribution in [2.24, 2.45) is 35.5 Å². The maximum Gasteiger partial charge on any atom is -0.00391 e. The zero-order chi connectivity index (χ0) is 39.7. The predicted octanol–water partition coefficient (Wildman–Crippen LogP) is 17.1. The summed E-state index contributed by atoms with van der Waals surface area (Å²) in [6.45, 7) is 5.26. The van der Waals surface area contributed by atoms with Gasteiger partial charge in [0.15, 0.2) is 0 Å². The zero-order valence-electron chi connectivity index (χ0n) is 38.3. The van der Waals surface area contributed by atoms with Crippen molar-refractivity contribution < 1.29 is 23.3 Å². The molecule has 0 atom stereocenters. The van der Waals surface area contributed by atoms with Gasteiger partial charge in [0.05, 0.1) is 0 Å². The summed E-state index contributed by atoms with van der Waals surface area (Å²) in [5.41, 5.74) is 12.8. The second-order valence-electron chi connectivity index (χ2n) is 21.3. The van der Waals surface area contributed by atoms with Crippen LogP contribution in [-0.4, -0.2) is 6.88 Å². The molecule has 0 nitrogen and oxygen atoms in total. The van der Waals surface area contributed by atoms with Crippen molar-refractivity contribution in [3.8, 4) is 22.3 Å². The van der Waals surface area contributed by atoms with Crippen molar-refractivity contribution in [2.45, 2.75) is 133 Å². The Morgan fingerprint density at radius 3 is 1.29 bits per heavy atom. The first kappa shape index (κ1) is 48.7. The molecule has 332 valence electrons. The first-order valence-corrected chi connectivity index (χ1v) is 28.0. The first-order valence-electron chi connectivity index (χ1n) is 23.8. The minimum Gasteiger partial charge on any atom is -0.164 e. The van der Waals surface area contributed by atoms with Gasteiger partial charge in [-0.3, -0.25) is 0 Å². The maximum atomic E-state index is 3.06. The Labute approximate surface area is 410 Å². The standard InChI is InChI=1S/C31H35.C26H27.2CH3.2ClH.Si.Zr/c1-2-5-24(6-3-1)27-16-26-7-4-8-29(30(26)17-27)25-9-11-28(12-10-25)31-18-21-13-22(19-31)15-23(14-21)20-31;1-17-9-22-3-2-4-24(25(22)10-17)21-5-7-23(8-6-21)26-14-18-11-19(15-26)13-20(12-18)16-26;;;;;;/h4,7-12,16-17,21-24H,1-3,5-6,13-15,18-20H2;2-10,18-20H,11-16H2,1H3;2*1H3;2*1H;;/q4*-1;;;;. The van der Waals surface area contributed by atoms with E-state index in [0.717, 1.165) is 41.4 Å². The SMILES string of the molecule is Cc1cc2c(-c3ccc(C45CC6CC(CC(C6)C4)C5)cc3)cccc2[cH-]1.Cl.Cl.[CH3-].[CH3-].[Si]=[Zr].c1cc(-c2ccc(C34CC5CC(CC(C5)C3)C4)cc2)c2cc(C3CCCCC3)[cH-]c2c1. The van der Waals surface area contributed by atoms with Crippen LogP contribution in [0, 0.1) is 57.3 Å². The van der Waals surface area contributed by atoms with E-state index >= 15 is 0 Å². The Bertz CT molecular complexity index is 2370. The van der Waals surface area contributed by atoms with E-state index in [4.69, 9.17) is 0 Å². The summed E-state index contributed by atoms with van der Waals surface area (Å²) in [6.07, 6.45) is 24.9. The molecule has 9 fully saturated rings. The quantitative estimate of drug-likeness (QED) is 0.119. The third kappa shape index (κ3) is 9.14. The van der Waals surface area contributed by atoms with Gasteiger partial charge in [0, 0.05) is 0 Å². The zero-order valence-corrected chi connectivity index (χ0v) is 43.4. The average molecular weight is 969 g/mol. The van der Waals surface area contributed by atoms with E-state index in [9.17, 15) is 0 Å². The Morgan fingerprint density at radius 1 is 0.492 bits per heavy atom. The molecule has 9 aliphatic carbocycles. The van der Waals surface area contributed by atoms with Gasteiger partial charge in [-0.25, -0.2) is 0 Å². The molecule has 0 N–H and O–H groups in total. The molecule has 0 unspecified atom stereocenters. The molecule has 0 heterocycles. The fraction of sp³-hybridized carbons (Fsp3) is 0.458. The van der Waals surface area contributed by atoms with Gasteiger partial charge in [0.1, 0.15) is 0 Å². The third-order valence-corrected chi connectivity index (χ3v) is 17.4. The van der Waals surface area contributed by atoms with Gasteiger partial charge in [-0.15, -0.1) is 93.9 Å². The fourth-order valence-electron chi connectivity index (χ4n) is 15.8. The number of aryl methyl sites for hydroxylation is 1. The van der Waals surface area contributed by atoms with Crippen LogP contribution >= 0.6 is 24.8 Å². The van der Waals surface area contributed by atoms with E-state index < -0.39 is 0 Å². The molecular weight excluding hydrogens is 899 g/mol. The Morgan fingerprint density at radius 2 is 0.873 bits per heavy atom. The van der Waals surface area contributed by atoms with Crippen LogP contribution in [0.3, 0.4) is 0 Å². The van der Waals surface area contributed by atoms with E-state index in [2.05, 4.69) is 123 Å². The van der Waals surface area contributed by atoms with E-state index in [1.54, 1.807) is 16.7 Å². The van der Waals surface area contributed by atoms with Crippen molar-refractivity contribution in [1.29, 1.82) is 0 Å². The minimum absolute atomic E-state index is 0. The van der Waals surface area contributed by atoms with E-state index in [0.29, 0.717) is 10.8 Å². The van der Waals surface area contributed by atoms with E-state index in [1.165, 1.54) is 182 Å². The maximum absolute atomic E-state index is 3.06. The van der Waals surface area contributed by atoms with Gasteiger partial charge >= 0.3 is 30.2 Å². The van der Waals surface area contributed by atoms with Gasteiger partial charge in [-0.2, -0.15) is 12.1 Å². The number of fused-ring (bicyclic) bond motifs is 2. The Balaban J connectivity index is 0.000000173. The third-order valence-electron chi connectivity index (χ3n) is 17.4. The molecule has 2 radical (unpaired) electrons. The van der Waals surface area contributed by atoms with Gasteiger partial charge < -0.3 is 14.9 Å². The second kappa shape index (κ2) is 19.9. The molecule has 4 heteroatoms. The molecule has 0 aromatic heterocycles. The van der Waals surface area contributed by atoms with Gasteiger partial charge in [0.25, 0.3) is 0 Å². The van der Waals surface area contributed by atoms with E-state index in [1.807, 2.05) is 0 Å². The molecule has 8 bridgehead atoms. The molecule has 15 rings (SSSR count). The Hall–Kier alpha value is -2.22. The van der Waals surface area contributed by atoms with Crippen LogP contribution in [0.2, 0.25) is 0 Å². The van der Waals surface area contributed by atoms with Crippen molar-refractivity contribution in [2.75, 3.05) is 0 Å². The number of halogens is 2. The summed E-state index contributed by atoms with van der Waals surface area (Å²) in [6, 6.07) is 42.9. The van der Waals surface area contributed by atoms with Crippen LogP contribution in [-0.2, 0) is 34.2 Å². The van der Waals surface area contributed by atoms with Crippen LogP contribution in [0.15, 0.2) is 109 Å². The van der Waals surface area contributed by atoms with Crippen LogP contribution < -0.4 is 0 Å². The summed E-state index contributed by atoms with van der Waals surface area (Å²) in [4.78, 5) is 0. The summed E-state index contributed by atoms with van der Waals surface area (Å²) in [7, 11) is 0. The van der Waals surface area contributed by atoms with Crippen molar-refractivity contribution in [1.82, 2.24) is 0 Å². The van der Waals surface area contributed by atoms with Crippen LogP contribution in [0.5, 0.6) is 0 Å². The molecule has 0 spiro atoms. The molecule has 0 saturated heterocycles. The number of hydrogen-bond donors (Lipinski definition) is 0. The number of benzene rings is 4. The smallest absolute Gasteiger partial charge is 0.00391 e. The topological polar surface area (TPSA) is 0 Å². The summed E-state index contributed by atoms with van der Waals surface area (Å²) < 4.78 is 0. The second-order valence-corrected chi connectivity index (χ2v) is 21.3. The molecule has 6 aromatic rings. The number of hydrogen-bond acceptors (Lipinski definition) is 0. The normalized spacial score (nSPS) is 29.5. The number of rotatable bonds is 5. The fourth-order valence-corrected chi connectivity index (χ4v) is 15.8. The van der Waals surface area contributed by atoms with Crippen LogP contribution in [0.4, 0.5) is 0 Å². The predicted molar refractivity (Wildman–Crippen MR) is 273 cm³/mol. The van der Waals surface area contributed by atoms with Gasteiger partial charge in [-0.1, -0.05) is 98.0 Å². The molecular formula is C59H70Cl2SiZr-4. The largest absolute Gasteiger partial charge is 0.164 e. The average Bonchev–Trinajstić information content (AvgIpc) is 3.88. The van der Waals surface area contributed by atoms with Crippen molar-refractivity contribution in [3.63, 3.8) is 0 Å². The molecule has 9 aliphatic rings. The van der Waals surface area contributed by atoms with Crippen LogP contribution in [0.1, 0.15) is 137 Å². The molecule has 9 saturated carbocycles. The van der Waals surface area contributed by atoms with Crippen LogP contribution in [0.25, 0.3) is 43.8 Å². The van der Waals surface area contributed by atoms with Gasteiger partial charge in [0.2, 0.25) is 0 Å². The monoisotopic (exact) mass is 966 g/mol. The van der Waals surface area contributed by atoms with Crippen molar-refractivity contribution >= 4 is 53.2 Å². The van der Waals surface area contributed by atoms with E-state index in [-0.39, 0.29) is 39.7 Å². The summed E-state index contributed by atoms with van der Waals surface area (Å²) in [5, 5.41) is 5.66. The summed E-state index contributed by atoms with van der Waals surface area (Å²) in [5.74, 6) is 6.88. The minimum atomic E-state index is 0. The summed E-state index contributed by atoms with van der Waals surface area (Å²) >= 11 is 1.36. The molecule has 63 heavy (non-hydrogen) atoms. The molecule has 0 aliphatic heterocycles. The first-order chi connectivity index (χ1) is 28.9. The van der Waals surface area contributed by atoms with Gasteiger partial charge in [-0.05, 0) is 164 Å². The molecule has 0 amide bonds.